The lowest BCUT2D eigenvalue weighted by Crippen LogP contribution is -2.08. The Morgan fingerprint density at radius 3 is 1.97 bits per heavy atom. The molecular formula is C32H23NO2S. The van der Waals surface area contributed by atoms with Crippen molar-refractivity contribution >= 4 is 56.1 Å². The van der Waals surface area contributed by atoms with Crippen LogP contribution in [0.1, 0.15) is 36.7 Å². The van der Waals surface area contributed by atoms with Crippen LogP contribution in [0.15, 0.2) is 103 Å². The van der Waals surface area contributed by atoms with Gasteiger partial charge in [0.05, 0.1) is 5.57 Å². The van der Waals surface area contributed by atoms with E-state index in [0.717, 1.165) is 21.3 Å². The van der Waals surface area contributed by atoms with Crippen molar-refractivity contribution in [1.82, 2.24) is 0 Å². The van der Waals surface area contributed by atoms with Crippen molar-refractivity contribution in [1.29, 1.82) is 0 Å². The van der Waals surface area contributed by atoms with Gasteiger partial charge in [0.2, 0.25) is 0 Å². The van der Waals surface area contributed by atoms with E-state index in [9.17, 15) is 9.59 Å². The lowest BCUT2D eigenvalue weighted by atomic mass is 10.1. The fourth-order valence-corrected chi connectivity index (χ4v) is 5.88. The Balaban J connectivity index is 1.45. The Bertz CT molecular complexity index is 1650. The number of hydrogen-bond acceptors (Lipinski definition) is 4. The minimum Gasteiger partial charge on any atom is -0.302 e. The number of hydrogen-bond donors (Lipinski definition) is 0. The van der Waals surface area contributed by atoms with Gasteiger partial charge in [-0.1, -0.05) is 60.7 Å². The van der Waals surface area contributed by atoms with Crippen molar-refractivity contribution in [3.63, 3.8) is 0 Å². The summed E-state index contributed by atoms with van der Waals surface area (Å²) in [5.41, 5.74) is 5.71. The van der Waals surface area contributed by atoms with Crippen molar-refractivity contribution in [3.05, 3.63) is 130 Å². The molecule has 0 atom stereocenters. The van der Waals surface area contributed by atoms with Gasteiger partial charge in [0.1, 0.15) is 5.00 Å². The number of anilines is 3. The molecule has 1 aromatic heterocycles. The summed E-state index contributed by atoms with van der Waals surface area (Å²) in [7, 11) is 0. The SMILES string of the molecule is Cc1cc(C)cc(N(c2ccc3ccccc3c2)c2ccc(C=C3C(=O)c4ccccc4C3=O)s2)c1. The first-order chi connectivity index (χ1) is 17.5. The molecule has 0 radical (unpaired) electrons. The number of nitrogens with zero attached hydrogens (tertiary/aromatic N) is 1. The van der Waals surface area contributed by atoms with E-state index in [1.54, 1.807) is 41.7 Å². The maximum atomic E-state index is 12.9. The van der Waals surface area contributed by atoms with Gasteiger partial charge in [0.25, 0.3) is 0 Å². The van der Waals surface area contributed by atoms with Crippen LogP contribution in [0, 0.1) is 13.8 Å². The Hall–Kier alpha value is -4.28. The molecule has 5 aromatic rings. The fourth-order valence-electron chi connectivity index (χ4n) is 4.88. The predicted octanol–water partition coefficient (Wildman–Crippen LogP) is 8.45. The summed E-state index contributed by atoms with van der Waals surface area (Å²) < 4.78 is 0. The summed E-state index contributed by atoms with van der Waals surface area (Å²) in [6.45, 7) is 4.21. The van der Waals surface area contributed by atoms with Gasteiger partial charge < -0.3 is 4.90 Å². The topological polar surface area (TPSA) is 37.4 Å². The molecule has 1 aliphatic rings. The van der Waals surface area contributed by atoms with Crippen LogP contribution in [0.4, 0.5) is 16.4 Å². The summed E-state index contributed by atoms with van der Waals surface area (Å²) in [6, 6.07) is 32.4. The summed E-state index contributed by atoms with van der Waals surface area (Å²) in [5.74, 6) is -0.405. The van der Waals surface area contributed by atoms with E-state index < -0.39 is 0 Å². The molecule has 0 spiro atoms. The van der Waals surface area contributed by atoms with Gasteiger partial charge in [-0.25, -0.2) is 0 Å². The molecule has 0 aliphatic heterocycles. The Morgan fingerprint density at radius 1 is 0.639 bits per heavy atom. The molecule has 3 nitrogen and oxygen atoms in total. The molecule has 4 heteroatoms. The smallest absolute Gasteiger partial charge is 0.197 e. The highest BCUT2D eigenvalue weighted by Gasteiger charge is 2.32. The number of rotatable bonds is 4. The van der Waals surface area contributed by atoms with Crippen LogP contribution in [0.3, 0.4) is 0 Å². The summed E-state index contributed by atoms with van der Waals surface area (Å²) in [6.07, 6.45) is 1.74. The zero-order valence-corrected chi connectivity index (χ0v) is 20.8. The lowest BCUT2D eigenvalue weighted by molar-refractivity contribution is 0.0990. The highest BCUT2D eigenvalue weighted by Crippen LogP contribution is 2.41. The molecule has 0 N–H and O–H groups in total. The Kier molecular flexibility index (Phi) is 5.39. The molecule has 4 aromatic carbocycles. The largest absolute Gasteiger partial charge is 0.302 e. The molecule has 0 bridgehead atoms. The first kappa shape index (κ1) is 22.2. The predicted molar refractivity (Wildman–Crippen MR) is 149 cm³/mol. The number of fused-ring (bicyclic) bond motifs is 2. The zero-order chi connectivity index (χ0) is 24.8. The second-order valence-electron chi connectivity index (χ2n) is 9.15. The molecule has 1 aliphatic carbocycles. The van der Waals surface area contributed by atoms with Gasteiger partial charge in [-0.05, 0) is 78.2 Å². The second-order valence-corrected chi connectivity index (χ2v) is 10.2. The van der Waals surface area contributed by atoms with Crippen molar-refractivity contribution < 1.29 is 9.59 Å². The monoisotopic (exact) mass is 485 g/mol. The number of Topliss-reactive ketones (excluding diaryl/α,β-unsaturated/α-hetero) is 2. The maximum Gasteiger partial charge on any atom is 0.197 e. The first-order valence-corrected chi connectivity index (χ1v) is 12.7. The second kappa shape index (κ2) is 8.74. The quantitative estimate of drug-likeness (QED) is 0.189. The molecule has 0 unspecified atom stereocenters. The Morgan fingerprint density at radius 2 is 1.28 bits per heavy atom. The van der Waals surface area contributed by atoms with Crippen LogP contribution in [0.25, 0.3) is 16.8 Å². The van der Waals surface area contributed by atoms with E-state index in [4.69, 9.17) is 0 Å². The van der Waals surface area contributed by atoms with E-state index in [2.05, 4.69) is 79.4 Å². The molecule has 6 rings (SSSR count). The number of thiophene rings is 1. The average molecular weight is 486 g/mol. The van der Waals surface area contributed by atoms with Gasteiger partial charge in [0, 0.05) is 27.4 Å². The normalized spacial score (nSPS) is 12.8. The van der Waals surface area contributed by atoms with E-state index in [1.165, 1.54) is 21.9 Å². The zero-order valence-electron chi connectivity index (χ0n) is 20.0. The maximum absolute atomic E-state index is 12.9. The molecule has 0 saturated carbocycles. The molecule has 0 fully saturated rings. The van der Waals surface area contributed by atoms with Crippen molar-refractivity contribution in [2.45, 2.75) is 13.8 Å². The van der Waals surface area contributed by atoms with Crippen LogP contribution in [-0.4, -0.2) is 11.6 Å². The Labute approximate surface area is 214 Å². The van der Waals surface area contributed by atoms with E-state index in [1.807, 2.05) is 12.1 Å². The fraction of sp³-hybridized carbons (Fsp3) is 0.0625. The number of carbonyl (C=O) groups is 2. The highest BCUT2D eigenvalue weighted by molar-refractivity contribution is 7.17. The van der Waals surface area contributed by atoms with Crippen LogP contribution >= 0.6 is 11.3 Å². The molecule has 0 saturated heterocycles. The number of allylic oxidation sites excluding steroid dienone is 1. The van der Waals surface area contributed by atoms with E-state index in [0.29, 0.717) is 11.1 Å². The first-order valence-electron chi connectivity index (χ1n) is 11.9. The summed E-state index contributed by atoms with van der Waals surface area (Å²) in [4.78, 5) is 28.9. The highest BCUT2D eigenvalue weighted by atomic mass is 32.1. The van der Waals surface area contributed by atoms with Crippen LogP contribution in [0.5, 0.6) is 0 Å². The standard InChI is InChI=1S/C32H23NO2S/c1-20-15-21(2)17-25(16-20)33(24-12-11-22-7-3-4-8-23(22)18-24)30-14-13-26(36-30)19-29-31(34)27-9-5-6-10-28(27)32(29)35/h3-19H,1-2H3. The van der Waals surface area contributed by atoms with Crippen molar-refractivity contribution in [2.24, 2.45) is 0 Å². The molecule has 0 amide bonds. The average Bonchev–Trinajstić information content (AvgIpc) is 3.42. The van der Waals surface area contributed by atoms with Gasteiger partial charge in [-0.15, -0.1) is 11.3 Å². The third-order valence-electron chi connectivity index (χ3n) is 6.48. The summed E-state index contributed by atoms with van der Waals surface area (Å²) >= 11 is 1.56. The van der Waals surface area contributed by atoms with Gasteiger partial charge in [-0.2, -0.15) is 0 Å². The summed E-state index contributed by atoms with van der Waals surface area (Å²) in [5, 5.41) is 3.37. The number of benzene rings is 4. The minimum absolute atomic E-state index is 0.203. The van der Waals surface area contributed by atoms with Crippen molar-refractivity contribution in [2.75, 3.05) is 4.90 Å². The van der Waals surface area contributed by atoms with Crippen LogP contribution in [-0.2, 0) is 0 Å². The van der Waals surface area contributed by atoms with E-state index >= 15 is 0 Å². The minimum atomic E-state index is -0.203. The van der Waals surface area contributed by atoms with Gasteiger partial charge >= 0.3 is 0 Å². The molecule has 36 heavy (non-hydrogen) atoms. The molecular weight excluding hydrogens is 462 g/mol. The van der Waals surface area contributed by atoms with Crippen molar-refractivity contribution in [3.8, 4) is 0 Å². The number of aryl methyl sites for hydroxylation is 2. The van der Waals surface area contributed by atoms with Gasteiger partial charge in [0.15, 0.2) is 11.6 Å². The number of carbonyl (C=O) groups excluding carboxylic acids is 2. The van der Waals surface area contributed by atoms with Gasteiger partial charge in [-0.3, -0.25) is 9.59 Å². The van der Waals surface area contributed by atoms with Crippen LogP contribution < -0.4 is 4.90 Å². The third kappa shape index (κ3) is 3.86. The third-order valence-corrected chi connectivity index (χ3v) is 7.50. The molecule has 1 heterocycles. The van der Waals surface area contributed by atoms with E-state index in [-0.39, 0.29) is 17.1 Å². The number of ketones is 2. The molecule has 174 valence electrons. The van der Waals surface area contributed by atoms with Crippen LogP contribution in [0.2, 0.25) is 0 Å². The lowest BCUT2D eigenvalue weighted by Gasteiger charge is -2.25.